The molecule has 0 aliphatic rings. The number of aliphatic hydroxyl groups is 1. The molecule has 12 heavy (non-hydrogen) atoms. The number of aliphatic hydroxyl groups excluding tert-OH is 1. The smallest absolute Gasteiger partial charge is 0.0600 e. The summed E-state index contributed by atoms with van der Waals surface area (Å²) >= 11 is 0. The van der Waals surface area contributed by atoms with Gasteiger partial charge >= 0.3 is 0 Å². The fourth-order valence-electron chi connectivity index (χ4n) is 0.689. The lowest BCUT2D eigenvalue weighted by atomic mass is 9.98. The Morgan fingerprint density at radius 2 is 1.92 bits per heavy atom. The van der Waals surface area contributed by atoms with Crippen molar-refractivity contribution >= 4 is 0 Å². The summed E-state index contributed by atoms with van der Waals surface area (Å²) in [5.41, 5.74) is 0.0834. The normalized spacial score (nSPS) is 11.2. The first kappa shape index (κ1) is 11.5. The Labute approximate surface area is 75.6 Å². The highest BCUT2D eigenvalue weighted by atomic mass is 16.3. The predicted molar refractivity (Wildman–Crippen MR) is 51.8 cm³/mol. The summed E-state index contributed by atoms with van der Waals surface area (Å²) in [6.07, 6.45) is 0. The van der Waals surface area contributed by atoms with Crippen molar-refractivity contribution in [3.05, 3.63) is 0 Å². The van der Waals surface area contributed by atoms with E-state index in [1.54, 1.807) is 0 Å². The van der Waals surface area contributed by atoms with Crippen molar-refractivity contribution in [3.63, 3.8) is 0 Å². The van der Waals surface area contributed by atoms with E-state index < -0.39 is 0 Å². The van der Waals surface area contributed by atoms with Crippen LogP contribution >= 0.6 is 0 Å². The van der Waals surface area contributed by atoms with Crippen molar-refractivity contribution in [2.45, 2.75) is 20.8 Å². The second kappa shape index (κ2) is 5.18. The van der Waals surface area contributed by atoms with Crippen LogP contribution in [0.1, 0.15) is 20.8 Å². The minimum absolute atomic E-state index is 0.0834. The summed E-state index contributed by atoms with van der Waals surface area (Å²) in [5, 5.41) is 8.61. The second-order valence-electron chi connectivity index (χ2n) is 4.01. The molecule has 0 saturated carbocycles. The van der Waals surface area contributed by atoms with Crippen molar-refractivity contribution in [3.8, 4) is 11.8 Å². The number of rotatable bonds is 3. The quantitative estimate of drug-likeness (QED) is 0.636. The van der Waals surface area contributed by atoms with Crippen LogP contribution in [0.15, 0.2) is 0 Å². The summed E-state index contributed by atoms with van der Waals surface area (Å²) in [7, 11) is 1.95. The van der Waals surface area contributed by atoms with E-state index in [-0.39, 0.29) is 12.0 Å². The monoisotopic (exact) mass is 169 g/mol. The third kappa shape index (κ3) is 7.59. The molecule has 0 unspecified atom stereocenters. The molecule has 0 rings (SSSR count). The van der Waals surface area contributed by atoms with E-state index in [9.17, 15) is 0 Å². The van der Waals surface area contributed by atoms with Crippen LogP contribution in [0, 0.1) is 17.3 Å². The Kier molecular flexibility index (Phi) is 4.96. The molecule has 0 atom stereocenters. The van der Waals surface area contributed by atoms with Gasteiger partial charge in [0.1, 0.15) is 0 Å². The summed E-state index contributed by atoms with van der Waals surface area (Å²) < 4.78 is 0. The Morgan fingerprint density at radius 3 is 2.33 bits per heavy atom. The van der Waals surface area contributed by atoms with Crippen LogP contribution in [0.5, 0.6) is 0 Å². The molecule has 0 aromatic rings. The summed E-state index contributed by atoms with van der Waals surface area (Å²) in [6.45, 7) is 7.90. The van der Waals surface area contributed by atoms with Gasteiger partial charge in [-0.1, -0.05) is 11.8 Å². The average molecular weight is 169 g/mol. The molecule has 0 spiro atoms. The van der Waals surface area contributed by atoms with Crippen LogP contribution in [-0.4, -0.2) is 36.8 Å². The van der Waals surface area contributed by atoms with Gasteiger partial charge in [0.2, 0.25) is 0 Å². The average Bonchev–Trinajstić information content (AvgIpc) is 1.84. The van der Waals surface area contributed by atoms with Gasteiger partial charge in [0, 0.05) is 12.0 Å². The van der Waals surface area contributed by atoms with Crippen molar-refractivity contribution < 1.29 is 5.11 Å². The first-order valence-corrected chi connectivity index (χ1v) is 4.25. The maximum atomic E-state index is 8.61. The fraction of sp³-hybridized carbons (Fsp3) is 0.800. The van der Waals surface area contributed by atoms with Gasteiger partial charge in [-0.3, -0.25) is 4.90 Å². The zero-order valence-corrected chi connectivity index (χ0v) is 8.52. The molecule has 0 fully saturated rings. The van der Waals surface area contributed by atoms with Gasteiger partial charge in [-0.05, 0) is 27.8 Å². The highest BCUT2D eigenvalue weighted by Gasteiger charge is 2.03. The van der Waals surface area contributed by atoms with Gasteiger partial charge in [-0.15, -0.1) is 0 Å². The Bertz CT molecular complexity index is 171. The molecular weight excluding hydrogens is 150 g/mol. The van der Waals surface area contributed by atoms with E-state index in [0.29, 0.717) is 6.54 Å². The third-order valence-corrected chi connectivity index (χ3v) is 1.29. The highest BCUT2D eigenvalue weighted by Crippen LogP contribution is 2.09. The molecule has 1 N–H and O–H groups in total. The van der Waals surface area contributed by atoms with Crippen molar-refractivity contribution in [1.29, 1.82) is 0 Å². The number of likely N-dealkylation sites (N-methyl/N-ethyl adjacent to an activating group) is 1. The molecular formula is C10H19NO. The summed E-state index contributed by atoms with van der Waals surface area (Å²) in [6, 6.07) is 0. The largest absolute Gasteiger partial charge is 0.395 e. The van der Waals surface area contributed by atoms with Crippen LogP contribution in [0.4, 0.5) is 0 Å². The maximum absolute atomic E-state index is 8.61. The lowest BCUT2D eigenvalue weighted by Crippen LogP contribution is -2.22. The molecule has 0 radical (unpaired) electrons. The van der Waals surface area contributed by atoms with Crippen LogP contribution in [0.3, 0.4) is 0 Å². The van der Waals surface area contributed by atoms with Gasteiger partial charge < -0.3 is 5.11 Å². The van der Waals surface area contributed by atoms with Gasteiger partial charge in [0.25, 0.3) is 0 Å². The predicted octanol–water partition coefficient (Wildman–Crippen LogP) is 0.960. The molecule has 0 aromatic heterocycles. The first-order valence-electron chi connectivity index (χ1n) is 4.25. The van der Waals surface area contributed by atoms with Gasteiger partial charge in [-0.2, -0.15) is 0 Å². The molecule has 0 heterocycles. The molecule has 2 nitrogen and oxygen atoms in total. The van der Waals surface area contributed by atoms with Crippen LogP contribution in [-0.2, 0) is 0 Å². The molecule has 70 valence electrons. The van der Waals surface area contributed by atoms with Crippen molar-refractivity contribution in [2.75, 3.05) is 26.7 Å². The standard InChI is InChI=1S/C10H19NO/c1-10(2,3)6-5-7-11(4)8-9-12/h12H,7-9H2,1-4H3. The van der Waals surface area contributed by atoms with E-state index in [1.165, 1.54) is 0 Å². The maximum Gasteiger partial charge on any atom is 0.0600 e. The van der Waals surface area contributed by atoms with E-state index in [1.807, 2.05) is 11.9 Å². The van der Waals surface area contributed by atoms with Crippen molar-refractivity contribution in [2.24, 2.45) is 5.41 Å². The lowest BCUT2D eigenvalue weighted by Gasteiger charge is -2.11. The summed E-state index contributed by atoms with van der Waals surface area (Å²) in [4.78, 5) is 2.00. The van der Waals surface area contributed by atoms with Crippen molar-refractivity contribution in [1.82, 2.24) is 4.90 Å². The Hall–Kier alpha value is -0.520. The molecule has 0 aliphatic heterocycles. The fourth-order valence-corrected chi connectivity index (χ4v) is 0.689. The van der Waals surface area contributed by atoms with Crippen LogP contribution in [0.2, 0.25) is 0 Å². The Balaban J connectivity index is 3.71. The SMILES string of the molecule is CN(CC#CC(C)(C)C)CCO. The highest BCUT2D eigenvalue weighted by molar-refractivity contribution is 5.08. The lowest BCUT2D eigenvalue weighted by molar-refractivity contribution is 0.234. The Morgan fingerprint density at radius 1 is 1.33 bits per heavy atom. The molecule has 0 bridgehead atoms. The number of hydrogen-bond donors (Lipinski definition) is 1. The minimum Gasteiger partial charge on any atom is -0.395 e. The van der Waals surface area contributed by atoms with E-state index >= 15 is 0 Å². The van der Waals surface area contributed by atoms with Crippen LogP contribution in [0.25, 0.3) is 0 Å². The number of nitrogens with zero attached hydrogens (tertiary/aromatic N) is 1. The topological polar surface area (TPSA) is 23.5 Å². The molecule has 0 aromatic carbocycles. The number of hydrogen-bond acceptors (Lipinski definition) is 2. The van der Waals surface area contributed by atoms with Gasteiger partial charge in [-0.25, -0.2) is 0 Å². The molecule has 0 saturated heterocycles. The third-order valence-electron chi connectivity index (χ3n) is 1.29. The van der Waals surface area contributed by atoms with E-state index in [4.69, 9.17) is 5.11 Å². The van der Waals surface area contributed by atoms with E-state index in [2.05, 4.69) is 32.6 Å². The van der Waals surface area contributed by atoms with E-state index in [0.717, 1.165) is 6.54 Å². The minimum atomic E-state index is 0.0834. The van der Waals surface area contributed by atoms with Gasteiger partial charge in [0.15, 0.2) is 0 Å². The molecule has 0 amide bonds. The van der Waals surface area contributed by atoms with Gasteiger partial charge in [0.05, 0.1) is 13.2 Å². The first-order chi connectivity index (χ1) is 5.45. The van der Waals surface area contributed by atoms with Crippen LogP contribution < -0.4 is 0 Å². The molecule has 2 heteroatoms. The summed E-state index contributed by atoms with van der Waals surface area (Å²) in [5.74, 6) is 6.21. The second-order valence-corrected chi connectivity index (χ2v) is 4.01. The zero-order chi connectivity index (χ0) is 9.61. The molecule has 0 aliphatic carbocycles. The zero-order valence-electron chi connectivity index (χ0n) is 8.52.